The average Bonchev–Trinajstić information content (AvgIpc) is 4.17. The Morgan fingerprint density at radius 2 is 1.35 bits per heavy atom. The minimum absolute atomic E-state index is 0.0919. The number of hydrogen-bond acceptors (Lipinski definition) is 6. The van der Waals surface area contributed by atoms with E-state index in [0.29, 0.717) is 23.0 Å². The Balaban J connectivity index is 0.000000156. The van der Waals surface area contributed by atoms with E-state index in [-0.39, 0.29) is 18.1 Å². The van der Waals surface area contributed by atoms with Crippen molar-refractivity contribution in [3.63, 3.8) is 0 Å². The molecule has 1 saturated carbocycles. The number of halogens is 1. The van der Waals surface area contributed by atoms with Gasteiger partial charge in [0.15, 0.2) is 10.2 Å². The largest absolute Gasteiger partial charge is 0.345 e. The number of aromatic amines is 2. The van der Waals surface area contributed by atoms with Crippen molar-refractivity contribution in [1.82, 2.24) is 30.6 Å². The molecule has 5 aliphatic rings. The number of benzene rings is 4. The molecule has 2 aromatic heterocycles. The number of nitrogens with one attached hydrogen (secondary N) is 4. The van der Waals surface area contributed by atoms with Crippen molar-refractivity contribution in [3.8, 4) is 0 Å². The molecule has 5 atom stereocenters. The molecule has 0 amide bonds. The normalized spacial score (nSPS) is 24.6. The molecule has 4 N–H and O–H groups in total. The SMILES string of the molecule is CC.CC1=CC(C)C(C2C(=NC3CCc4ccccc43)NC(=S)N2c2ccc3nc[nH]c3c2)CC1.S=C1NC(=NC2CCCC2)C(c2ccc(Cl)cc2)N1c1ccc2nc[nH]c2c1. The highest BCUT2D eigenvalue weighted by molar-refractivity contribution is 7.80. The van der Waals surface area contributed by atoms with Gasteiger partial charge < -0.3 is 30.4 Å². The van der Waals surface area contributed by atoms with Crippen molar-refractivity contribution in [2.24, 2.45) is 21.8 Å². The molecule has 13 heteroatoms. The number of amidine groups is 2. The molecule has 3 fully saturated rings. The second kappa shape index (κ2) is 18.7. The van der Waals surface area contributed by atoms with E-state index < -0.39 is 0 Å². The number of aromatic nitrogens is 4. The Kier molecular flexibility index (Phi) is 12.7. The molecule has 0 spiro atoms. The first kappa shape index (κ1) is 42.9. The molecule has 4 aromatic carbocycles. The fraction of sp³-hybridized carbons (Fsp3) is 0.360. The van der Waals surface area contributed by atoms with Gasteiger partial charge in [-0.1, -0.05) is 93.3 Å². The molecule has 6 aromatic rings. The zero-order chi connectivity index (χ0) is 43.6. The van der Waals surface area contributed by atoms with Crippen molar-refractivity contribution >= 4 is 91.4 Å². The lowest BCUT2D eigenvalue weighted by molar-refractivity contribution is 0.352. The Bertz CT molecular complexity index is 2710. The highest BCUT2D eigenvalue weighted by Crippen LogP contribution is 2.41. The third-order valence-corrected chi connectivity index (χ3v) is 13.9. The maximum absolute atomic E-state index is 6.13. The molecule has 2 saturated heterocycles. The van der Waals surface area contributed by atoms with Crippen LogP contribution in [0.1, 0.15) is 101 Å². The lowest BCUT2D eigenvalue weighted by Crippen LogP contribution is -2.44. The van der Waals surface area contributed by atoms with Crippen molar-refractivity contribution in [3.05, 3.63) is 131 Å². The van der Waals surface area contributed by atoms with E-state index in [0.717, 1.165) is 99.3 Å². The van der Waals surface area contributed by atoms with Crippen molar-refractivity contribution < 1.29 is 0 Å². The molecule has 3 aliphatic carbocycles. The van der Waals surface area contributed by atoms with E-state index in [1.165, 1.54) is 29.5 Å². The van der Waals surface area contributed by atoms with E-state index in [9.17, 15) is 0 Å². The van der Waals surface area contributed by atoms with Gasteiger partial charge in [0.05, 0.1) is 52.8 Å². The third-order valence-electron chi connectivity index (χ3n) is 13.1. The van der Waals surface area contributed by atoms with Gasteiger partial charge in [0.2, 0.25) is 0 Å². The number of anilines is 2. The zero-order valence-electron chi connectivity index (χ0n) is 36.3. The first-order chi connectivity index (χ1) is 30.8. The van der Waals surface area contributed by atoms with Crippen LogP contribution in [0.5, 0.6) is 0 Å². The van der Waals surface area contributed by atoms with Crippen LogP contribution < -0.4 is 20.4 Å². The number of hydrogen-bond donors (Lipinski definition) is 4. The van der Waals surface area contributed by atoms with Crippen LogP contribution in [0.2, 0.25) is 5.02 Å². The molecular formula is C50H55ClN10S2. The predicted molar refractivity (Wildman–Crippen MR) is 268 cm³/mol. The summed E-state index contributed by atoms with van der Waals surface area (Å²) in [5.41, 5.74) is 11.4. The average molecular weight is 896 g/mol. The number of thiocarbonyl (C=S) groups is 2. The third kappa shape index (κ3) is 8.77. The van der Waals surface area contributed by atoms with Crippen molar-refractivity contribution in [2.45, 2.75) is 103 Å². The summed E-state index contributed by atoms with van der Waals surface area (Å²) in [5, 5.41) is 9.05. The lowest BCUT2D eigenvalue weighted by Gasteiger charge is -2.36. The number of allylic oxidation sites excluding steroid dienone is 2. The first-order valence-corrected chi connectivity index (χ1v) is 23.7. The molecule has 5 unspecified atom stereocenters. The molecule has 2 aliphatic heterocycles. The van der Waals surface area contributed by atoms with Gasteiger partial charge in [-0.15, -0.1) is 0 Å². The van der Waals surface area contributed by atoms with E-state index in [2.05, 4.69) is 127 Å². The summed E-state index contributed by atoms with van der Waals surface area (Å²) in [4.78, 5) is 30.0. The number of fused-ring (bicyclic) bond motifs is 3. The van der Waals surface area contributed by atoms with Crippen molar-refractivity contribution in [2.75, 3.05) is 9.80 Å². The van der Waals surface area contributed by atoms with E-state index in [4.69, 9.17) is 46.0 Å². The maximum Gasteiger partial charge on any atom is 0.179 e. The van der Waals surface area contributed by atoms with Crippen molar-refractivity contribution in [1.29, 1.82) is 0 Å². The molecule has 324 valence electrons. The second-order valence-corrected chi connectivity index (χ2v) is 18.2. The summed E-state index contributed by atoms with van der Waals surface area (Å²) in [6.45, 7) is 8.59. The summed E-state index contributed by atoms with van der Waals surface area (Å²) in [6.07, 6.45) is 15.1. The highest BCUT2D eigenvalue weighted by Gasteiger charge is 2.44. The summed E-state index contributed by atoms with van der Waals surface area (Å²) >= 11 is 17.8. The van der Waals surface area contributed by atoms with Gasteiger partial charge in [-0.2, -0.15) is 0 Å². The number of imidazole rings is 2. The fourth-order valence-electron chi connectivity index (χ4n) is 10.0. The quantitative estimate of drug-likeness (QED) is 0.0966. The number of aryl methyl sites for hydroxylation is 1. The van der Waals surface area contributed by atoms with Crippen LogP contribution in [-0.4, -0.2) is 53.9 Å². The Hall–Kier alpha value is -5.43. The number of nitrogens with zero attached hydrogens (tertiary/aromatic N) is 6. The summed E-state index contributed by atoms with van der Waals surface area (Å²) in [6, 6.07) is 29.7. The summed E-state index contributed by atoms with van der Waals surface area (Å²) < 4.78 is 0. The Morgan fingerprint density at radius 1 is 0.714 bits per heavy atom. The van der Waals surface area contributed by atoms with E-state index in [1.807, 2.05) is 32.0 Å². The highest BCUT2D eigenvalue weighted by atomic mass is 35.5. The van der Waals surface area contributed by atoms with Crippen LogP contribution in [0.25, 0.3) is 22.1 Å². The molecule has 11 rings (SSSR count). The van der Waals surface area contributed by atoms with E-state index >= 15 is 0 Å². The van der Waals surface area contributed by atoms with Gasteiger partial charge in [0, 0.05) is 16.4 Å². The number of rotatable bonds is 6. The van der Waals surface area contributed by atoms with Gasteiger partial charge in [0.25, 0.3) is 0 Å². The Morgan fingerprint density at radius 3 is 2.03 bits per heavy atom. The predicted octanol–water partition coefficient (Wildman–Crippen LogP) is 11.7. The van der Waals surface area contributed by atoms with Crippen LogP contribution in [-0.2, 0) is 6.42 Å². The van der Waals surface area contributed by atoms with Gasteiger partial charge in [-0.3, -0.25) is 9.98 Å². The van der Waals surface area contributed by atoms with Gasteiger partial charge in [-0.05, 0) is 147 Å². The molecule has 10 nitrogen and oxygen atoms in total. The van der Waals surface area contributed by atoms with Crippen LogP contribution in [0.15, 0.2) is 119 Å². The van der Waals surface area contributed by atoms with Gasteiger partial charge in [-0.25, -0.2) is 9.97 Å². The standard InChI is InChI=1S/C27H29N5S.C21H20ClN5S.C2H6/c1-16-7-10-20(17(2)13-16)25-26(30-22-11-8-18-5-3-4-6-21(18)22)31-27(33)32(25)19-9-12-23-24(14-19)29-15-28-23;22-14-7-5-13(6-8-14)19-20(25-15-3-1-2-4-15)26-21(28)27(19)16-9-10-17-18(11-16)24-12-23-17;1-2/h3-6,9,12-15,17,20,22,25H,7-8,10-11H2,1-2H3,(H,28,29)(H,30,31,33);5-12,15,19H,1-4H2,(H,23,24)(H,25,26,28);1-2H3. The topological polar surface area (TPSA) is 113 Å². The maximum atomic E-state index is 6.13. The first-order valence-electron chi connectivity index (χ1n) is 22.5. The minimum atomic E-state index is -0.0919. The second-order valence-electron chi connectivity index (χ2n) is 17.0. The van der Waals surface area contributed by atoms with Crippen LogP contribution in [0.4, 0.5) is 11.4 Å². The zero-order valence-corrected chi connectivity index (χ0v) is 38.7. The van der Waals surface area contributed by atoms with Crippen LogP contribution in [0, 0.1) is 11.8 Å². The number of aliphatic imine (C=N–C) groups is 2. The molecule has 63 heavy (non-hydrogen) atoms. The molecule has 0 bridgehead atoms. The summed E-state index contributed by atoms with van der Waals surface area (Å²) in [5.74, 6) is 2.85. The molecular weight excluding hydrogens is 840 g/mol. The van der Waals surface area contributed by atoms with Gasteiger partial charge in [0.1, 0.15) is 17.7 Å². The van der Waals surface area contributed by atoms with E-state index in [1.54, 1.807) is 12.7 Å². The lowest BCUT2D eigenvalue weighted by atomic mass is 9.77. The van der Waals surface area contributed by atoms with Crippen LogP contribution in [0.3, 0.4) is 0 Å². The van der Waals surface area contributed by atoms with Crippen LogP contribution >= 0.6 is 36.0 Å². The Labute approximate surface area is 385 Å². The summed E-state index contributed by atoms with van der Waals surface area (Å²) in [7, 11) is 0. The minimum Gasteiger partial charge on any atom is -0.345 e. The smallest absolute Gasteiger partial charge is 0.179 e. The molecule has 0 radical (unpaired) electrons. The van der Waals surface area contributed by atoms with Gasteiger partial charge >= 0.3 is 0 Å². The molecule has 4 heterocycles. The number of H-pyrrole nitrogens is 2. The fourth-order valence-corrected chi connectivity index (χ4v) is 10.8. The monoisotopic (exact) mass is 894 g/mol.